The first-order valence-corrected chi connectivity index (χ1v) is 8.58. The van der Waals surface area contributed by atoms with E-state index in [1.165, 1.54) is 5.56 Å². The minimum absolute atomic E-state index is 0.0157. The number of aromatic nitrogens is 1. The van der Waals surface area contributed by atoms with E-state index in [4.69, 9.17) is 10.2 Å². The molecule has 1 aliphatic rings. The molecule has 0 radical (unpaired) electrons. The maximum absolute atomic E-state index is 12.5. The van der Waals surface area contributed by atoms with Crippen molar-refractivity contribution in [3.8, 4) is 0 Å². The number of fused-ring (bicyclic) bond motifs is 1. The molecule has 2 aromatic rings. The zero-order chi connectivity index (χ0) is 17.1. The third-order valence-electron chi connectivity index (χ3n) is 4.32. The second-order valence-corrected chi connectivity index (χ2v) is 6.89. The molecule has 5 heteroatoms. The number of carbonyl (C=O) groups is 1. The summed E-state index contributed by atoms with van der Waals surface area (Å²) in [6.45, 7) is 5.31. The van der Waals surface area contributed by atoms with E-state index in [9.17, 15) is 4.79 Å². The first kappa shape index (κ1) is 16.7. The quantitative estimate of drug-likeness (QED) is 0.916. The van der Waals surface area contributed by atoms with Gasteiger partial charge in [0.2, 0.25) is 5.91 Å². The molecule has 0 unspecified atom stereocenters. The monoisotopic (exact) mass is 327 g/mol. The van der Waals surface area contributed by atoms with Crippen LogP contribution in [0.4, 0.5) is 0 Å². The molecule has 1 atom stereocenters. The number of hydrogen-bond acceptors (Lipinski definition) is 4. The van der Waals surface area contributed by atoms with Gasteiger partial charge in [0.25, 0.3) is 0 Å². The molecule has 0 spiro atoms. The normalized spacial score (nSPS) is 15.4. The Hall–Kier alpha value is -2.14. The first-order valence-electron chi connectivity index (χ1n) is 8.58. The molecule has 1 aromatic heterocycles. The Labute approximate surface area is 142 Å². The molecule has 2 N–H and O–H groups in total. The summed E-state index contributed by atoms with van der Waals surface area (Å²) in [5, 5.41) is 0. The van der Waals surface area contributed by atoms with Crippen LogP contribution in [0.3, 0.4) is 0 Å². The van der Waals surface area contributed by atoms with E-state index < -0.39 is 6.04 Å². The number of carbonyl (C=O) groups excluding carboxylic acids is 1. The molecular formula is C19H25N3O2. The summed E-state index contributed by atoms with van der Waals surface area (Å²) in [6, 6.07) is 9.70. The number of amides is 1. The van der Waals surface area contributed by atoms with E-state index in [1.807, 2.05) is 23.1 Å². The topological polar surface area (TPSA) is 72.4 Å². The smallest absolute Gasteiger partial charge is 0.239 e. The van der Waals surface area contributed by atoms with Crippen LogP contribution in [0.25, 0.3) is 0 Å². The fraction of sp³-hybridized carbons (Fsp3) is 0.474. The highest BCUT2D eigenvalue weighted by molar-refractivity contribution is 5.81. The van der Waals surface area contributed by atoms with Gasteiger partial charge >= 0.3 is 0 Å². The van der Waals surface area contributed by atoms with Crippen molar-refractivity contribution in [2.75, 3.05) is 6.54 Å². The SMILES string of the molecule is CC(C)C[C@H](N)C(=O)N1CCc2oc(Cc3ccccc3)nc2C1. The molecule has 24 heavy (non-hydrogen) atoms. The lowest BCUT2D eigenvalue weighted by Gasteiger charge is -2.28. The number of nitrogens with two attached hydrogens (primary N) is 1. The second kappa shape index (κ2) is 7.18. The predicted octanol–water partition coefficient (Wildman–Crippen LogP) is 2.52. The van der Waals surface area contributed by atoms with E-state index in [-0.39, 0.29) is 5.91 Å². The zero-order valence-electron chi connectivity index (χ0n) is 14.4. The van der Waals surface area contributed by atoms with Crippen LogP contribution in [0.1, 0.15) is 43.2 Å². The maximum atomic E-state index is 12.5. The van der Waals surface area contributed by atoms with Gasteiger partial charge in [0.05, 0.1) is 12.6 Å². The summed E-state index contributed by atoms with van der Waals surface area (Å²) in [5.41, 5.74) is 8.08. The molecule has 0 saturated heterocycles. The van der Waals surface area contributed by atoms with Gasteiger partial charge in [-0.2, -0.15) is 0 Å². The lowest BCUT2D eigenvalue weighted by Crippen LogP contribution is -2.46. The minimum Gasteiger partial charge on any atom is -0.445 e. The number of oxazole rings is 1. The molecule has 1 aromatic carbocycles. The summed E-state index contributed by atoms with van der Waals surface area (Å²) in [5.74, 6) is 2.05. The van der Waals surface area contributed by atoms with E-state index in [2.05, 4.69) is 31.0 Å². The Balaban J connectivity index is 1.67. The largest absolute Gasteiger partial charge is 0.445 e. The maximum Gasteiger partial charge on any atom is 0.239 e. The predicted molar refractivity (Wildman–Crippen MR) is 92.3 cm³/mol. The van der Waals surface area contributed by atoms with Gasteiger partial charge in [-0.25, -0.2) is 4.98 Å². The highest BCUT2D eigenvalue weighted by atomic mass is 16.4. The number of nitrogens with zero attached hydrogens (tertiary/aromatic N) is 2. The van der Waals surface area contributed by atoms with Crippen LogP contribution in [0.15, 0.2) is 34.7 Å². The molecule has 3 rings (SSSR count). The van der Waals surface area contributed by atoms with Crippen LogP contribution in [0.2, 0.25) is 0 Å². The molecule has 0 fully saturated rings. The summed E-state index contributed by atoms with van der Waals surface area (Å²) in [4.78, 5) is 18.9. The van der Waals surface area contributed by atoms with Crippen molar-refractivity contribution >= 4 is 5.91 Å². The van der Waals surface area contributed by atoms with Gasteiger partial charge < -0.3 is 15.1 Å². The van der Waals surface area contributed by atoms with E-state index in [0.717, 1.165) is 11.5 Å². The van der Waals surface area contributed by atoms with Crippen LogP contribution < -0.4 is 5.73 Å². The van der Waals surface area contributed by atoms with Crippen molar-refractivity contribution in [3.63, 3.8) is 0 Å². The lowest BCUT2D eigenvalue weighted by atomic mass is 10.0. The van der Waals surface area contributed by atoms with Gasteiger partial charge in [0, 0.05) is 19.4 Å². The van der Waals surface area contributed by atoms with Gasteiger partial charge in [-0.15, -0.1) is 0 Å². The highest BCUT2D eigenvalue weighted by Gasteiger charge is 2.28. The number of benzene rings is 1. The molecule has 1 amide bonds. The Morgan fingerprint density at radius 3 is 2.79 bits per heavy atom. The van der Waals surface area contributed by atoms with Gasteiger partial charge in [-0.3, -0.25) is 4.79 Å². The Kier molecular flexibility index (Phi) is 5.00. The Morgan fingerprint density at radius 1 is 1.33 bits per heavy atom. The molecule has 1 aliphatic heterocycles. The van der Waals surface area contributed by atoms with Crippen molar-refractivity contribution in [2.24, 2.45) is 11.7 Å². The third kappa shape index (κ3) is 3.85. The van der Waals surface area contributed by atoms with Gasteiger partial charge in [0.1, 0.15) is 11.5 Å². The fourth-order valence-corrected chi connectivity index (χ4v) is 3.13. The number of rotatable bonds is 5. The van der Waals surface area contributed by atoms with E-state index in [0.29, 0.717) is 44.2 Å². The van der Waals surface area contributed by atoms with Gasteiger partial charge in [0.15, 0.2) is 5.89 Å². The Bertz CT molecular complexity index is 694. The minimum atomic E-state index is -0.428. The number of hydrogen-bond donors (Lipinski definition) is 1. The van der Waals surface area contributed by atoms with Crippen molar-refractivity contribution < 1.29 is 9.21 Å². The summed E-state index contributed by atoms with van der Waals surface area (Å²) in [6.07, 6.45) is 2.09. The molecule has 128 valence electrons. The highest BCUT2D eigenvalue weighted by Crippen LogP contribution is 2.22. The summed E-state index contributed by atoms with van der Waals surface area (Å²) in [7, 11) is 0. The van der Waals surface area contributed by atoms with Gasteiger partial charge in [-0.1, -0.05) is 44.2 Å². The van der Waals surface area contributed by atoms with Crippen molar-refractivity contribution in [2.45, 2.75) is 45.7 Å². The first-order chi connectivity index (χ1) is 11.5. The molecular weight excluding hydrogens is 302 g/mol. The zero-order valence-corrected chi connectivity index (χ0v) is 14.4. The van der Waals surface area contributed by atoms with Gasteiger partial charge in [-0.05, 0) is 17.9 Å². The summed E-state index contributed by atoms with van der Waals surface area (Å²) >= 11 is 0. The van der Waals surface area contributed by atoms with E-state index >= 15 is 0 Å². The van der Waals surface area contributed by atoms with E-state index in [1.54, 1.807) is 0 Å². The van der Waals surface area contributed by atoms with Crippen LogP contribution >= 0.6 is 0 Å². The van der Waals surface area contributed by atoms with Crippen LogP contribution in [0.5, 0.6) is 0 Å². The Morgan fingerprint density at radius 2 is 2.08 bits per heavy atom. The van der Waals surface area contributed by atoms with Crippen LogP contribution in [-0.2, 0) is 24.2 Å². The van der Waals surface area contributed by atoms with Crippen molar-refractivity contribution in [1.82, 2.24) is 9.88 Å². The van der Waals surface area contributed by atoms with Crippen LogP contribution in [0, 0.1) is 5.92 Å². The molecule has 0 saturated carbocycles. The molecule has 2 heterocycles. The standard InChI is InChI=1S/C19H25N3O2/c1-13(2)10-15(20)19(23)22-9-8-17-16(12-22)21-18(24-17)11-14-6-4-3-5-7-14/h3-7,13,15H,8-12,20H2,1-2H3/t15-/m0/s1. The average Bonchev–Trinajstić information content (AvgIpc) is 2.95. The fourth-order valence-electron chi connectivity index (χ4n) is 3.13. The van der Waals surface area contributed by atoms with Crippen molar-refractivity contribution in [1.29, 1.82) is 0 Å². The molecule has 0 bridgehead atoms. The third-order valence-corrected chi connectivity index (χ3v) is 4.32. The summed E-state index contributed by atoms with van der Waals surface area (Å²) < 4.78 is 5.88. The van der Waals surface area contributed by atoms with Crippen LogP contribution in [-0.4, -0.2) is 28.4 Å². The lowest BCUT2D eigenvalue weighted by molar-refractivity contribution is -0.134. The average molecular weight is 327 g/mol. The van der Waals surface area contributed by atoms with Crippen molar-refractivity contribution in [3.05, 3.63) is 53.2 Å². The second-order valence-electron chi connectivity index (χ2n) is 6.89. The molecule has 5 nitrogen and oxygen atoms in total. The molecule has 0 aliphatic carbocycles.